The highest BCUT2D eigenvalue weighted by molar-refractivity contribution is 9.10. The van der Waals surface area contributed by atoms with Crippen molar-refractivity contribution in [2.24, 2.45) is 0 Å². The smallest absolute Gasteiger partial charge is 0.0992 e. The van der Waals surface area contributed by atoms with Gasteiger partial charge in [0.15, 0.2) is 0 Å². The van der Waals surface area contributed by atoms with Gasteiger partial charge in [-0.3, -0.25) is 0 Å². The van der Waals surface area contributed by atoms with E-state index in [-0.39, 0.29) is 0 Å². The van der Waals surface area contributed by atoms with E-state index in [1.54, 1.807) is 24.8 Å². The van der Waals surface area contributed by atoms with Crippen molar-refractivity contribution >= 4 is 27.7 Å². The molecule has 0 saturated heterocycles. The third kappa shape index (κ3) is 3.60. The van der Waals surface area contributed by atoms with Crippen molar-refractivity contribution in [1.82, 2.24) is 0 Å². The quantitative estimate of drug-likeness (QED) is 0.897. The fraction of sp³-hybridized carbons (Fsp3) is 0.133. The van der Waals surface area contributed by atoms with Gasteiger partial charge in [-0.15, -0.1) is 0 Å². The Labute approximate surface area is 125 Å². The van der Waals surface area contributed by atoms with Crippen molar-refractivity contribution in [3.8, 4) is 6.07 Å². The number of halogens is 1. The summed E-state index contributed by atoms with van der Waals surface area (Å²) in [6, 6.07) is 15.4. The third-order valence-electron chi connectivity index (χ3n) is 2.63. The molecule has 0 radical (unpaired) electrons. The first-order chi connectivity index (χ1) is 9.10. The van der Waals surface area contributed by atoms with Crippen molar-refractivity contribution < 1.29 is 5.11 Å². The molecule has 0 aliphatic carbocycles. The monoisotopic (exact) mass is 333 g/mol. The Morgan fingerprint density at radius 3 is 2.47 bits per heavy atom. The third-order valence-corrected chi connectivity index (χ3v) is 4.24. The standard InChI is InChI=1S/C15H12BrNOS/c1-10(18)14-7-2-11(9-17)8-15(14)19-13-5-3-12(16)4-6-13/h2-8,10,18H,1H3/t10-/m0/s1. The van der Waals surface area contributed by atoms with E-state index in [1.807, 2.05) is 36.4 Å². The van der Waals surface area contributed by atoms with Crippen molar-refractivity contribution in [1.29, 1.82) is 5.26 Å². The maximum atomic E-state index is 9.79. The minimum atomic E-state index is -0.550. The summed E-state index contributed by atoms with van der Waals surface area (Å²) >= 11 is 4.95. The number of benzene rings is 2. The second-order valence-corrected chi connectivity index (χ2v) is 6.13. The van der Waals surface area contributed by atoms with Gasteiger partial charge in [0.1, 0.15) is 0 Å². The molecule has 2 nitrogen and oxygen atoms in total. The van der Waals surface area contributed by atoms with Gasteiger partial charge < -0.3 is 5.11 Å². The zero-order chi connectivity index (χ0) is 13.8. The summed E-state index contributed by atoms with van der Waals surface area (Å²) in [5.74, 6) is 0. The van der Waals surface area contributed by atoms with Gasteiger partial charge in [-0.1, -0.05) is 33.8 Å². The summed E-state index contributed by atoms with van der Waals surface area (Å²) in [4.78, 5) is 1.98. The molecule has 0 unspecified atom stereocenters. The van der Waals surface area contributed by atoms with E-state index < -0.39 is 6.10 Å². The lowest BCUT2D eigenvalue weighted by atomic mass is 10.1. The molecule has 0 bridgehead atoms. The first kappa shape index (κ1) is 14.1. The number of nitrogens with zero attached hydrogens (tertiary/aromatic N) is 1. The fourth-order valence-corrected chi connectivity index (χ4v) is 3.00. The Kier molecular flexibility index (Phi) is 4.65. The SMILES string of the molecule is C[C@H](O)c1ccc(C#N)cc1Sc1ccc(Br)cc1. The van der Waals surface area contributed by atoms with Crippen molar-refractivity contribution in [3.05, 3.63) is 58.1 Å². The predicted molar refractivity (Wildman–Crippen MR) is 80.1 cm³/mol. The van der Waals surface area contributed by atoms with Gasteiger partial charge in [0.05, 0.1) is 17.7 Å². The summed E-state index contributed by atoms with van der Waals surface area (Å²) in [5.41, 5.74) is 1.44. The number of nitriles is 1. The normalized spacial score (nSPS) is 11.9. The molecule has 2 aromatic rings. The fourth-order valence-electron chi connectivity index (χ4n) is 1.67. The molecule has 4 heteroatoms. The van der Waals surface area contributed by atoms with E-state index in [4.69, 9.17) is 5.26 Å². The lowest BCUT2D eigenvalue weighted by Gasteiger charge is -2.12. The van der Waals surface area contributed by atoms with Crippen LogP contribution in [0.25, 0.3) is 0 Å². The van der Waals surface area contributed by atoms with Crippen LogP contribution in [0.5, 0.6) is 0 Å². The van der Waals surface area contributed by atoms with E-state index in [1.165, 1.54) is 0 Å². The average molecular weight is 334 g/mol. The Bertz CT molecular complexity index is 617. The Balaban J connectivity index is 2.37. The summed E-state index contributed by atoms with van der Waals surface area (Å²) in [5, 5.41) is 18.8. The van der Waals surface area contributed by atoms with E-state index >= 15 is 0 Å². The van der Waals surface area contributed by atoms with E-state index in [0.717, 1.165) is 19.8 Å². The molecular weight excluding hydrogens is 322 g/mol. The molecule has 0 spiro atoms. The second-order valence-electron chi connectivity index (χ2n) is 4.10. The lowest BCUT2D eigenvalue weighted by Crippen LogP contribution is -1.94. The highest BCUT2D eigenvalue weighted by Crippen LogP contribution is 2.34. The zero-order valence-corrected chi connectivity index (χ0v) is 12.7. The number of aliphatic hydroxyl groups is 1. The van der Waals surface area contributed by atoms with Gasteiger partial charge in [-0.05, 0) is 48.9 Å². The van der Waals surface area contributed by atoms with Crippen LogP contribution >= 0.6 is 27.7 Å². The minimum Gasteiger partial charge on any atom is -0.389 e. The predicted octanol–water partition coefficient (Wildman–Crippen LogP) is 4.53. The minimum absolute atomic E-state index is 0.550. The molecule has 96 valence electrons. The summed E-state index contributed by atoms with van der Waals surface area (Å²) in [7, 11) is 0. The van der Waals surface area contributed by atoms with Gasteiger partial charge in [-0.25, -0.2) is 0 Å². The average Bonchev–Trinajstić information content (AvgIpc) is 2.41. The lowest BCUT2D eigenvalue weighted by molar-refractivity contribution is 0.196. The van der Waals surface area contributed by atoms with Crippen molar-refractivity contribution in [2.75, 3.05) is 0 Å². The molecule has 0 saturated carbocycles. The van der Waals surface area contributed by atoms with Crippen molar-refractivity contribution in [2.45, 2.75) is 22.8 Å². The second kappa shape index (κ2) is 6.25. The maximum absolute atomic E-state index is 9.79. The highest BCUT2D eigenvalue weighted by Gasteiger charge is 2.10. The molecule has 0 aliphatic heterocycles. The molecular formula is C15H12BrNOS. The van der Waals surface area contributed by atoms with Gasteiger partial charge in [0.2, 0.25) is 0 Å². The molecule has 0 heterocycles. The van der Waals surface area contributed by atoms with E-state index in [0.29, 0.717) is 5.56 Å². The van der Waals surface area contributed by atoms with Crippen LogP contribution in [0.1, 0.15) is 24.2 Å². The van der Waals surface area contributed by atoms with Gasteiger partial charge in [-0.2, -0.15) is 5.26 Å². The molecule has 0 amide bonds. The highest BCUT2D eigenvalue weighted by atomic mass is 79.9. The summed E-state index contributed by atoms with van der Waals surface area (Å²) in [6.07, 6.45) is -0.550. The first-order valence-electron chi connectivity index (χ1n) is 5.75. The van der Waals surface area contributed by atoms with Crippen molar-refractivity contribution in [3.63, 3.8) is 0 Å². The Morgan fingerprint density at radius 2 is 1.89 bits per heavy atom. The van der Waals surface area contributed by atoms with Crippen LogP contribution in [0.3, 0.4) is 0 Å². The van der Waals surface area contributed by atoms with Crippen LogP contribution in [-0.4, -0.2) is 5.11 Å². The number of hydrogen-bond donors (Lipinski definition) is 1. The molecule has 2 aromatic carbocycles. The molecule has 0 aliphatic rings. The van der Waals surface area contributed by atoms with Crippen LogP contribution < -0.4 is 0 Å². The van der Waals surface area contributed by atoms with Crippen LogP contribution in [0, 0.1) is 11.3 Å². The molecule has 0 aromatic heterocycles. The first-order valence-corrected chi connectivity index (χ1v) is 7.36. The zero-order valence-electron chi connectivity index (χ0n) is 10.3. The summed E-state index contributed by atoms with van der Waals surface area (Å²) in [6.45, 7) is 1.73. The van der Waals surface area contributed by atoms with Gasteiger partial charge >= 0.3 is 0 Å². The van der Waals surface area contributed by atoms with Crippen LogP contribution in [0.15, 0.2) is 56.7 Å². The van der Waals surface area contributed by atoms with Crippen LogP contribution in [0.2, 0.25) is 0 Å². The van der Waals surface area contributed by atoms with Gasteiger partial charge in [0.25, 0.3) is 0 Å². The van der Waals surface area contributed by atoms with Crippen LogP contribution in [0.4, 0.5) is 0 Å². The molecule has 1 atom stereocenters. The Hall–Kier alpha value is -1.28. The number of aliphatic hydroxyl groups excluding tert-OH is 1. The van der Waals surface area contributed by atoms with E-state index in [9.17, 15) is 5.11 Å². The largest absolute Gasteiger partial charge is 0.389 e. The summed E-state index contributed by atoms with van der Waals surface area (Å²) < 4.78 is 1.03. The number of rotatable bonds is 3. The van der Waals surface area contributed by atoms with Gasteiger partial charge in [0, 0.05) is 14.3 Å². The molecule has 1 N–H and O–H groups in total. The molecule has 19 heavy (non-hydrogen) atoms. The molecule has 2 rings (SSSR count). The van der Waals surface area contributed by atoms with E-state index in [2.05, 4.69) is 22.0 Å². The molecule has 0 fully saturated rings. The topological polar surface area (TPSA) is 44.0 Å². The maximum Gasteiger partial charge on any atom is 0.0992 e. The van der Waals surface area contributed by atoms with Crippen LogP contribution in [-0.2, 0) is 0 Å². The Morgan fingerprint density at radius 1 is 1.21 bits per heavy atom. The number of hydrogen-bond acceptors (Lipinski definition) is 3.